The average molecular weight is 493 g/mol. The highest BCUT2D eigenvalue weighted by Gasteiger charge is 2.37. The van der Waals surface area contributed by atoms with Crippen LogP contribution in [0.3, 0.4) is 0 Å². The lowest BCUT2D eigenvalue weighted by atomic mass is 9.94. The first-order chi connectivity index (χ1) is 16.8. The third-order valence-electron chi connectivity index (χ3n) is 5.71. The molecule has 0 bridgehead atoms. The van der Waals surface area contributed by atoms with Crippen LogP contribution in [0.25, 0.3) is 17.0 Å². The molecule has 35 heavy (non-hydrogen) atoms. The van der Waals surface area contributed by atoms with Crippen molar-refractivity contribution in [3.8, 4) is 11.4 Å². The van der Waals surface area contributed by atoms with E-state index in [9.17, 15) is 13.6 Å². The van der Waals surface area contributed by atoms with Crippen LogP contribution in [-0.4, -0.2) is 16.2 Å². The van der Waals surface area contributed by atoms with E-state index >= 15 is 0 Å². The van der Waals surface area contributed by atoms with Crippen LogP contribution in [0.5, 0.6) is 0 Å². The SMILES string of the molecule is CC1=C(c2nc(-c3cccc(C)c3)no2)C(c2cccc(Cl)c2)NC(=O)N1c1cc(F)cc(F)c1. The Labute approximate surface area is 204 Å². The zero-order valence-electron chi connectivity index (χ0n) is 18.7. The van der Waals surface area contributed by atoms with Gasteiger partial charge >= 0.3 is 6.03 Å². The van der Waals surface area contributed by atoms with E-state index in [0.29, 0.717) is 27.7 Å². The maximum atomic E-state index is 14.0. The summed E-state index contributed by atoms with van der Waals surface area (Å²) in [5.41, 5.74) is 3.36. The van der Waals surface area contributed by atoms with E-state index in [1.54, 1.807) is 31.2 Å². The quantitative estimate of drug-likeness (QED) is 0.345. The van der Waals surface area contributed by atoms with Gasteiger partial charge in [0, 0.05) is 22.3 Å². The summed E-state index contributed by atoms with van der Waals surface area (Å²) >= 11 is 6.21. The number of aromatic nitrogens is 2. The van der Waals surface area contributed by atoms with Gasteiger partial charge in [-0.1, -0.05) is 52.7 Å². The molecule has 0 spiro atoms. The smallest absolute Gasteiger partial charge is 0.327 e. The van der Waals surface area contributed by atoms with Crippen LogP contribution in [0.4, 0.5) is 19.3 Å². The first-order valence-electron chi connectivity index (χ1n) is 10.7. The van der Waals surface area contributed by atoms with E-state index in [-0.39, 0.29) is 11.6 Å². The molecule has 0 saturated carbocycles. The molecule has 6 nitrogen and oxygen atoms in total. The van der Waals surface area contributed by atoms with E-state index < -0.39 is 23.7 Å². The highest BCUT2D eigenvalue weighted by molar-refractivity contribution is 6.30. The summed E-state index contributed by atoms with van der Waals surface area (Å²) in [6, 6.07) is 16.3. The number of carbonyl (C=O) groups excluding carboxylic acids is 1. The summed E-state index contributed by atoms with van der Waals surface area (Å²) in [4.78, 5) is 18.9. The van der Waals surface area contributed by atoms with Gasteiger partial charge in [-0.25, -0.2) is 13.6 Å². The number of benzene rings is 3. The van der Waals surface area contributed by atoms with Crippen molar-refractivity contribution < 1.29 is 18.1 Å². The monoisotopic (exact) mass is 492 g/mol. The molecule has 1 aliphatic heterocycles. The van der Waals surface area contributed by atoms with E-state index in [2.05, 4.69) is 15.5 Å². The maximum Gasteiger partial charge on any atom is 0.327 e. The fourth-order valence-electron chi connectivity index (χ4n) is 4.17. The summed E-state index contributed by atoms with van der Waals surface area (Å²) in [6.45, 7) is 3.62. The number of carbonyl (C=O) groups is 1. The number of anilines is 1. The molecule has 1 aromatic heterocycles. The van der Waals surface area contributed by atoms with E-state index in [1.807, 2.05) is 31.2 Å². The van der Waals surface area contributed by atoms with Crippen molar-refractivity contribution >= 4 is 28.9 Å². The fraction of sp³-hybridized carbons (Fsp3) is 0.115. The van der Waals surface area contributed by atoms with E-state index in [0.717, 1.165) is 29.3 Å². The van der Waals surface area contributed by atoms with Gasteiger partial charge < -0.3 is 9.84 Å². The zero-order chi connectivity index (χ0) is 24.7. The number of nitrogens with zero attached hydrogens (tertiary/aromatic N) is 3. The molecule has 176 valence electrons. The molecule has 0 saturated heterocycles. The van der Waals surface area contributed by atoms with Gasteiger partial charge in [-0.15, -0.1) is 0 Å². The average Bonchev–Trinajstić information content (AvgIpc) is 3.28. The number of hydrogen-bond acceptors (Lipinski definition) is 4. The number of rotatable bonds is 4. The van der Waals surface area contributed by atoms with Crippen LogP contribution >= 0.6 is 11.6 Å². The highest BCUT2D eigenvalue weighted by Crippen LogP contribution is 2.39. The van der Waals surface area contributed by atoms with Crippen LogP contribution in [-0.2, 0) is 0 Å². The Morgan fingerprint density at radius 2 is 1.74 bits per heavy atom. The number of aryl methyl sites for hydroxylation is 1. The number of allylic oxidation sites excluding steroid dienone is 1. The van der Waals surface area contributed by atoms with Gasteiger partial charge in [0.2, 0.25) is 5.82 Å². The summed E-state index contributed by atoms with van der Waals surface area (Å²) < 4.78 is 33.6. The number of amides is 2. The van der Waals surface area contributed by atoms with Gasteiger partial charge in [0.15, 0.2) is 0 Å². The Balaban J connectivity index is 1.68. The zero-order valence-corrected chi connectivity index (χ0v) is 19.5. The number of nitrogens with one attached hydrogen (secondary N) is 1. The molecule has 5 rings (SSSR count). The minimum absolute atomic E-state index is 0.0259. The molecule has 1 atom stereocenters. The van der Waals surface area contributed by atoms with Crippen LogP contribution in [0.15, 0.2) is 77.0 Å². The molecule has 4 aromatic rings. The molecule has 1 aliphatic rings. The minimum atomic E-state index is -0.807. The molecule has 0 radical (unpaired) electrons. The van der Waals surface area contributed by atoms with Crippen LogP contribution in [0, 0.1) is 18.6 Å². The van der Waals surface area contributed by atoms with E-state index in [4.69, 9.17) is 16.1 Å². The van der Waals surface area contributed by atoms with Crippen LogP contribution < -0.4 is 10.2 Å². The second-order valence-corrected chi connectivity index (χ2v) is 8.63. The summed E-state index contributed by atoms with van der Waals surface area (Å²) in [6.07, 6.45) is 0. The van der Waals surface area contributed by atoms with Crippen molar-refractivity contribution in [1.82, 2.24) is 15.5 Å². The molecule has 1 unspecified atom stereocenters. The second kappa shape index (κ2) is 8.96. The summed E-state index contributed by atoms with van der Waals surface area (Å²) in [5, 5.41) is 7.49. The maximum absolute atomic E-state index is 14.0. The second-order valence-electron chi connectivity index (χ2n) is 8.19. The van der Waals surface area contributed by atoms with E-state index in [1.165, 1.54) is 4.90 Å². The molecule has 0 fully saturated rings. The molecule has 1 N–H and O–H groups in total. The van der Waals surface area contributed by atoms with Crippen molar-refractivity contribution in [2.45, 2.75) is 19.9 Å². The number of hydrogen-bond donors (Lipinski definition) is 1. The van der Waals surface area contributed by atoms with Crippen LogP contribution in [0.2, 0.25) is 5.02 Å². The predicted molar refractivity (Wildman–Crippen MR) is 129 cm³/mol. The van der Waals surface area contributed by atoms with Crippen LogP contribution in [0.1, 0.15) is 30.0 Å². The Hall–Kier alpha value is -4.04. The number of halogens is 3. The predicted octanol–water partition coefficient (Wildman–Crippen LogP) is 6.68. The third-order valence-corrected chi connectivity index (χ3v) is 5.94. The van der Waals surface area contributed by atoms with Gasteiger partial charge in [0.25, 0.3) is 5.89 Å². The first-order valence-corrected chi connectivity index (χ1v) is 11.1. The van der Waals surface area contributed by atoms with Gasteiger partial charge in [0.05, 0.1) is 17.3 Å². The molecular weight excluding hydrogens is 474 g/mol. The summed E-state index contributed by atoms with van der Waals surface area (Å²) in [7, 11) is 0. The van der Waals surface area contributed by atoms with Gasteiger partial charge in [-0.3, -0.25) is 4.90 Å². The topological polar surface area (TPSA) is 71.3 Å². The van der Waals surface area contributed by atoms with Crippen molar-refractivity contribution in [1.29, 1.82) is 0 Å². The van der Waals surface area contributed by atoms with Crippen molar-refractivity contribution in [3.05, 3.63) is 106 Å². The molecule has 2 heterocycles. The van der Waals surface area contributed by atoms with Crippen molar-refractivity contribution in [3.63, 3.8) is 0 Å². The lowest BCUT2D eigenvalue weighted by Crippen LogP contribution is -2.46. The molecule has 0 aliphatic carbocycles. The lowest BCUT2D eigenvalue weighted by molar-refractivity contribution is 0.244. The van der Waals surface area contributed by atoms with Crippen molar-refractivity contribution in [2.75, 3.05) is 4.90 Å². The normalized spacial score (nSPS) is 16.0. The van der Waals surface area contributed by atoms with Gasteiger partial charge in [-0.05, 0) is 49.7 Å². The first kappa shape index (κ1) is 22.7. The summed E-state index contributed by atoms with van der Waals surface area (Å²) in [5.74, 6) is -1.09. The fourth-order valence-corrected chi connectivity index (χ4v) is 4.37. The molecule has 9 heteroatoms. The Bertz CT molecular complexity index is 1460. The molecule has 2 amide bonds. The lowest BCUT2D eigenvalue weighted by Gasteiger charge is -2.35. The standard InChI is InChI=1S/C26H19ClF2N4O2/c1-14-5-3-7-17(9-14)24-31-25(35-32-24)22-15(2)33(21-12-19(28)11-20(29)13-21)26(34)30-23(22)16-6-4-8-18(27)10-16/h3-13,23H,1-2H3,(H,30,34). The number of urea groups is 1. The van der Waals surface area contributed by atoms with Gasteiger partial charge in [0.1, 0.15) is 11.6 Å². The third kappa shape index (κ3) is 4.40. The minimum Gasteiger partial charge on any atom is -0.334 e. The largest absolute Gasteiger partial charge is 0.334 e. The Morgan fingerprint density at radius 1 is 1.00 bits per heavy atom. The molecule has 3 aromatic carbocycles. The Kier molecular flexibility index (Phi) is 5.82. The molecular formula is C26H19ClF2N4O2. The van der Waals surface area contributed by atoms with Crippen molar-refractivity contribution in [2.24, 2.45) is 0 Å². The van der Waals surface area contributed by atoms with Gasteiger partial charge in [-0.2, -0.15) is 4.98 Å². The highest BCUT2D eigenvalue weighted by atomic mass is 35.5. The Morgan fingerprint density at radius 3 is 2.46 bits per heavy atom.